The molecule has 1 unspecified atom stereocenters. The van der Waals surface area contributed by atoms with Gasteiger partial charge in [-0.25, -0.2) is 9.37 Å². The van der Waals surface area contributed by atoms with Gasteiger partial charge in [0.05, 0.1) is 11.7 Å². The van der Waals surface area contributed by atoms with Gasteiger partial charge in [0, 0.05) is 10.8 Å². The molecule has 0 amide bonds. The quantitative estimate of drug-likeness (QED) is 0.921. The molecule has 0 aliphatic carbocycles. The van der Waals surface area contributed by atoms with Gasteiger partial charge < -0.3 is 5.32 Å². The second kappa shape index (κ2) is 5.39. The Morgan fingerprint density at radius 2 is 1.84 bits per heavy atom. The molecule has 2 aromatic rings. The molecule has 0 bridgehead atoms. The number of halogens is 1. The van der Waals surface area contributed by atoms with Crippen molar-refractivity contribution in [3.63, 3.8) is 0 Å². The number of thiazole rings is 1. The van der Waals surface area contributed by atoms with Crippen LogP contribution < -0.4 is 5.32 Å². The first-order valence-corrected chi connectivity index (χ1v) is 7.18. The molecule has 1 heterocycles. The zero-order valence-corrected chi connectivity index (χ0v) is 12.5. The van der Waals surface area contributed by atoms with Crippen LogP contribution in [0, 0.1) is 5.82 Å². The maximum absolute atomic E-state index is 13.0. The summed E-state index contributed by atoms with van der Waals surface area (Å²) < 4.78 is 13.0. The second-order valence-corrected chi connectivity index (χ2v) is 6.48. The van der Waals surface area contributed by atoms with Crippen LogP contribution in [0.1, 0.15) is 43.1 Å². The summed E-state index contributed by atoms with van der Waals surface area (Å²) in [5.41, 5.74) is 2.17. The second-order valence-electron chi connectivity index (χ2n) is 5.59. The summed E-state index contributed by atoms with van der Waals surface area (Å²) in [6.45, 7) is 6.45. The Balaban J connectivity index is 2.32. The Morgan fingerprint density at radius 3 is 2.32 bits per heavy atom. The van der Waals surface area contributed by atoms with Crippen LogP contribution in [0.25, 0.3) is 0 Å². The van der Waals surface area contributed by atoms with E-state index in [-0.39, 0.29) is 17.3 Å². The van der Waals surface area contributed by atoms with Crippen LogP contribution in [0.2, 0.25) is 0 Å². The number of benzene rings is 1. The zero-order chi connectivity index (χ0) is 14.0. The number of hydrogen-bond donors (Lipinski definition) is 1. The molecule has 0 saturated carbocycles. The predicted octanol–water partition coefficient (Wildman–Crippen LogP) is 3.89. The van der Waals surface area contributed by atoms with E-state index in [9.17, 15) is 4.39 Å². The fourth-order valence-corrected chi connectivity index (χ4v) is 3.03. The Hall–Kier alpha value is -1.26. The first-order valence-electron chi connectivity index (χ1n) is 6.30. The lowest BCUT2D eigenvalue weighted by Gasteiger charge is -2.16. The van der Waals surface area contributed by atoms with Crippen LogP contribution in [0.5, 0.6) is 0 Å². The van der Waals surface area contributed by atoms with E-state index in [0.717, 1.165) is 16.3 Å². The van der Waals surface area contributed by atoms with Crippen molar-refractivity contribution in [2.24, 2.45) is 0 Å². The lowest BCUT2D eigenvalue weighted by atomic mass is 9.93. The van der Waals surface area contributed by atoms with Gasteiger partial charge in [0.25, 0.3) is 0 Å². The van der Waals surface area contributed by atoms with Gasteiger partial charge in [-0.2, -0.15) is 0 Å². The molecule has 0 aliphatic heterocycles. The third-order valence-electron chi connectivity index (χ3n) is 3.03. The van der Waals surface area contributed by atoms with E-state index < -0.39 is 0 Å². The van der Waals surface area contributed by atoms with Crippen molar-refractivity contribution in [1.29, 1.82) is 0 Å². The van der Waals surface area contributed by atoms with Gasteiger partial charge in [-0.15, -0.1) is 11.3 Å². The van der Waals surface area contributed by atoms with Crippen molar-refractivity contribution in [3.8, 4) is 0 Å². The molecule has 2 rings (SSSR count). The SMILES string of the molecule is CNC(c1ccc(F)cc1)c1nc(C(C)(C)C)cs1. The van der Waals surface area contributed by atoms with E-state index in [1.807, 2.05) is 7.05 Å². The highest BCUT2D eigenvalue weighted by Crippen LogP contribution is 2.29. The molecular weight excluding hydrogens is 259 g/mol. The van der Waals surface area contributed by atoms with Gasteiger partial charge in [-0.05, 0) is 24.7 Å². The number of nitrogens with one attached hydrogen (secondary N) is 1. The largest absolute Gasteiger partial charge is 0.307 e. The van der Waals surface area contributed by atoms with Crippen molar-refractivity contribution in [2.45, 2.75) is 32.2 Å². The van der Waals surface area contributed by atoms with Crippen LogP contribution in [-0.2, 0) is 5.41 Å². The molecule has 1 aromatic heterocycles. The minimum absolute atomic E-state index is 0.0155. The lowest BCUT2D eigenvalue weighted by Crippen LogP contribution is -2.18. The molecule has 0 saturated heterocycles. The third kappa shape index (κ3) is 3.19. The number of aromatic nitrogens is 1. The Kier molecular flexibility index (Phi) is 4.02. The summed E-state index contributed by atoms with van der Waals surface area (Å²) >= 11 is 1.64. The van der Waals surface area contributed by atoms with Crippen LogP contribution in [-0.4, -0.2) is 12.0 Å². The van der Waals surface area contributed by atoms with E-state index in [1.165, 1.54) is 12.1 Å². The summed E-state index contributed by atoms with van der Waals surface area (Å²) in [5, 5.41) is 6.36. The van der Waals surface area contributed by atoms with Gasteiger partial charge in [0.15, 0.2) is 0 Å². The molecule has 0 radical (unpaired) electrons. The van der Waals surface area contributed by atoms with Crippen molar-refractivity contribution >= 4 is 11.3 Å². The van der Waals surface area contributed by atoms with Gasteiger partial charge in [0.1, 0.15) is 10.8 Å². The number of nitrogens with zero attached hydrogens (tertiary/aromatic N) is 1. The van der Waals surface area contributed by atoms with Crippen LogP contribution in [0.3, 0.4) is 0 Å². The van der Waals surface area contributed by atoms with Crippen LogP contribution in [0.15, 0.2) is 29.6 Å². The molecule has 102 valence electrons. The highest BCUT2D eigenvalue weighted by atomic mass is 32.1. The fraction of sp³-hybridized carbons (Fsp3) is 0.400. The summed E-state index contributed by atoms with van der Waals surface area (Å²) in [5.74, 6) is -0.215. The van der Waals surface area contributed by atoms with E-state index in [4.69, 9.17) is 4.98 Å². The molecule has 0 spiro atoms. The first kappa shape index (κ1) is 14.2. The first-order chi connectivity index (χ1) is 8.91. The van der Waals surface area contributed by atoms with Crippen molar-refractivity contribution in [3.05, 3.63) is 51.7 Å². The molecule has 0 aliphatic rings. The standard InChI is InChI=1S/C15H19FN2S/c1-15(2,3)12-9-19-14(18-12)13(17-4)10-5-7-11(16)8-6-10/h5-9,13,17H,1-4H3. The van der Waals surface area contributed by atoms with Crippen molar-refractivity contribution < 1.29 is 4.39 Å². The highest BCUT2D eigenvalue weighted by Gasteiger charge is 2.21. The average Bonchev–Trinajstić information content (AvgIpc) is 2.82. The van der Waals surface area contributed by atoms with E-state index in [2.05, 4.69) is 31.5 Å². The summed E-state index contributed by atoms with van der Waals surface area (Å²) in [6.07, 6.45) is 0. The number of hydrogen-bond acceptors (Lipinski definition) is 3. The molecule has 2 nitrogen and oxygen atoms in total. The summed E-state index contributed by atoms with van der Waals surface area (Å²) in [6, 6.07) is 6.58. The fourth-order valence-electron chi connectivity index (χ4n) is 1.85. The molecule has 4 heteroatoms. The van der Waals surface area contributed by atoms with Gasteiger partial charge in [-0.1, -0.05) is 32.9 Å². The van der Waals surface area contributed by atoms with Crippen LogP contribution >= 0.6 is 11.3 Å². The number of rotatable bonds is 3. The maximum atomic E-state index is 13.0. The zero-order valence-electron chi connectivity index (χ0n) is 11.7. The molecular formula is C15H19FN2S. The average molecular weight is 278 g/mol. The smallest absolute Gasteiger partial charge is 0.123 e. The molecule has 1 aromatic carbocycles. The van der Waals surface area contributed by atoms with Crippen molar-refractivity contribution in [1.82, 2.24) is 10.3 Å². The lowest BCUT2D eigenvalue weighted by molar-refractivity contribution is 0.566. The van der Waals surface area contributed by atoms with Crippen LogP contribution in [0.4, 0.5) is 4.39 Å². The predicted molar refractivity (Wildman–Crippen MR) is 78.1 cm³/mol. The maximum Gasteiger partial charge on any atom is 0.123 e. The van der Waals surface area contributed by atoms with E-state index >= 15 is 0 Å². The Morgan fingerprint density at radius 1 is 1.21 bits per heavy atom. The Labute approximate surface area is 117 Å². The molecule has 1 atom stereocenters. The van der Waals surface area contributed by atoms with Gasteiger partial charge in [-0.3, -0.25) is 0 Å². The normalized spacial score (nSPS) is 13.5. The summed E-state index contributed by atoms with van der Waals surface area (Å²) in [4.78, 5) is 4.71. The van der Waals surface area contributed by atoms with E-state index in [0.29, 0.717) is 0 Å². The van der Waals surface area contributed by atoms with Gasteiger partial charge in [0.2, 0.25) is 0 Å². The Bertz CT molecular complexity index is 540. The summed E-state index contributed by atoms with van der Waals surface area (Å²) in [7, 11) is 1.90. The van der Waals surface area contributed by atoms with Crippen molar-refractivity contribution in [2.75, 3.05) is 7.05 Å². The molecule has 0 fully saturated rings. The van der Waals surface area contributed by atoms with Gasteiger partial charge >= 0.3 is 0 Å². The molecule has 1 N–H and O–H groups in total. The van der Waals surface area contributed by atoms with E-state index in [1.54, 1.807) is 23.5 Å². The monoisotopic (exact) mass is 278 g/mol. The minimum atomic E-state index is -0.215. The third-order valence-corrected chi connectivity index (χ3v) is 3.94. The topological polar surface area (TPSA) is 24.9 Å². The highest BCUT2D eigenvalue weighted by molar-refractivity contribution is 7.09. The minimum Gasteiger partial charge on any atom is -0.307 e. The molecule has 19 heavy (non-hydrogen) atoms.